The average Bonchev–Trinajstić information content (AvgIpc) is 2.48. The van der Waals surface area contributed by atoms with Crippen LogP contribution in [-0.2, 0) is 20.7 Å². The summed E-state index contributed by atoms with van der Waals surface area (Å²) in [6, 6.07) is 6.26. The van der Waals surface area contributed by atoms with E-state index >= 15 is 0 Å². The highest BCUT2D eigenvalue weighted by atomic mass is 31.2. The molecule has 1 atom stereocenters. The molecule has 2 N–H and O–H groups in total. The first-order chi connectivity index (χ1) is 11.1. The van der Waals surface area contributed by atoms with E-state index in [1.807, 2.05) is 12.1 Å². The first kappa shape index (κ1) is 20.0. The molecule has 24 heavy (non-hydrogen) atoms. The van der Waals surface area contributed by atoms with Crippen LogP contribution in [0.15, 0.2) is 30.1 Å². The zero-order valence-electron chi connectivity index (χ0n) is 14.4. The van der Waals surface area contributed by atoms with E-state index in [0.717, 1.165) is 11.1 Å². The molecule has 0 aliphatic carbocycles. The number of benzene rings is 1. The molecule has 0 radical (unpaired) electrons. The Morgan fingerprint density at radius 1 is 1.25 bits per heavy atom. The van der Waals surface area contributed by atoms with Gasteiger partial charge in [-0.1, -0.05) is 44.2 Å². The van der Waals surface area contributed by atoms with Gasteiger partial charge >= 0.3 is 12.1 Å². The lowest BCUT2D eigenvalue weighted by Gasteiger charge is -2.17. The normalized spacial score (nSPS) is 13.0. The molecule has 1 aromatic rings. The topological polar surface area (TPSA) is 92.7 Å². The van der Waals surface area contributed by atoms with Crippen molar-refractivity contribution < 1.29 is 24.0 Å². The number of rotatable bonds is 7. The number of alkyl carbamates (subject to hydrolysis) is 1. The standard InChI is InChI=1S/C17H24NO5P/c1-12(2)15(16(19)20)18-17(21)23-11-14-7-5-13(6-8-14)9-10-24(3,4)22/h5-10,12,15H,11H2,1-4H3,(H,18,21)(H,19,20)/b10-9-. The molecule has 1 amide bonds. The number of carboxylic acid groups (broad SMARTS) is 1. The highest BCUT2D eigenvalue weighted by Gasteiger charge is 2.23. The molecule has 0 saturated carbocycles. The molecule has 0 fully saturated rings. The molecule has 0 saturated heterocycles. The Bertz CT molecular complexity index is 645. The number of carbonyl (C=O) groups is 2. The molecule has 0 heterocycles. The van der Waals surface area contributed by atoms with E-state index in [4.69, 9.17) is 9.84 Å². The van der Waals surface area contributed by atoms with Gasteiger partial charge in [-0.05, 0) is 36.2 Å². The molecule has 0 aromatic heterocycles. The number of hydrogen-bond acceptors (Lipinski definition) is 4. The first-order valence-electron chi connectivity index (χ1n) is 7.57. The van der Waals surface area contributed by atoms with Crippen molar-refractivity contribution in [1.82, 2.24) is 5.32 Å². The SMILES string of the molecule is CC(C)C(NC(=O)OCc1ccc(/C=C\P(C)(C)=O)cc1)C(=O)O. The van der Waals surface area contributed by atoms with E-state index in [9.17, 15) is 14.2 Å². The second-order valence-corrected chi connectivity index (χ2v) is 9.44. The molecule has 1 aromatic carbocycles. The summed E-state index contributed by atoms with van der Waals surface area (Å²) in [4.78, 5) is 22.7. The highest BCUT2D eigenvalue weighted by molar-refractivity contribution is 7.65. The van der Waals surface area contributed by atoms with Crippen LogP contribution in [0.2, 0.25) is 0 Å². The van der Waals surface area contributed by atoms with Crippen molar-refractivity contribution in [3.63, 3.8) is 0 Å². The lowest BCUT2D eigenvalue weighted by Crippen LogP contribution is -2.44. The van der Waals surface area contributed by atoms with Gasteiger partial charge in [-0.3, -0.25) is 0 Å². The van der Waals surface area contributed by atoms with Crippen molar-refractivity contribution in [2.24, 2.45) is 5.92 Å². The Labute approximate surface area is 142 Å². The van der Waals surface area contributed by atoms with E-state index in [0.29, 0.717) is 0 Å². The monoisotopic (exact) mass is 353 g/mol. The molecule has 6 nitrogen and oxygen atoms in total. The van der Waals surface area contributed by atoms with E-state index in [1.165, 1.54) is 0 Å². The summed E-state index contributed by atoms with van der Waals surface area (Å²) in [5.41, 5.74) is 1.67. The summed E-state index contributed by atoms with van der Waals surface area (Å²) in [7, 11) is -2.21. The van der Waals surface area contributed by atoms with E-state index in [2.05, 4.69) is 5.32 Å². The first-order valence-corrected chi connectivity index (χ1v) is 10.2. The Morgan fingerprint density at radius 3 is 2.29 bits per heavy atom. The molecule has 0 aliphatic heterocycles. The molecule has 1 unspecified atom stereocenters. The fraction of sp³-hybridized carbons (Fsp3) is 0.412. The molecule has 0 aliphatic rings. The van der Waals surface area contributed by atoms with Crippen LogP contribution >= 0.6 is 7.14 Å². The zero-order valence-corrected chi connectivity index (χ0v) is 15.2. The number of nitrogens with one attached hydrogen (secondary N) is 1. The second-order valence-electron chi connectivity index (χ2n) is 6.27. The third-order valence-electron chi connectivity index (χ3n) is 3.18. The van der Waals surface area contributed by atoms with Crippen molar-refractivity contribution in [3.8, 4) is 0 Å². The van der Waals surface area contributed by atoms with Gasteiger partial charge in [0.25, 0.3) is 0 Å². The van der Waals surface area contributed by atoms with E-state index < -0.39 is 25.2 Å². The second kappa shape index (κ2) is 8.69. The van der Waals surface area contributed by atoms with Crippen LogP contribution in [0.5, 0.6) is 0 Å². The van der Waals surface area contributed by atoms with Crippen molar-refractivity contribution in [1.29, 1.82) is 0 Å². The summed E-state index contributed by atoms with van der Waals surface area (Å²) in [5, 5.41) is 11.4. The minimum atomic E-state index is -2.21. The van der Waals surface area contributed by atoms with Crippen molar-refractivity contribution in [3.05, 3.63) is 41.2 Å². The van der Waals surface area contributed by atoms with Gasteiger partial charge in [0.15, 0.2) is 0 Å². The lowest BCUT2D eigenvalue weighted by atomic mass is 10.1. The van der Waals surface area contributed by atoms with Crippen LogP contribution in [0.4, 0.5) is 4.79 Å². The predicted octanol–water partition coefficient (Wildman–Crippen LogP) is 3.62. The summed E-state index contributed by atoms with van der Waals surface area (Å²) >= 11 is 0. The average molecular weight is 353 g/mol. The van der Waals surface area contributed by atoms with Crippen LogP contribution in [0.25, 0.3) is 6.08 Å². The summed E-state index contributed by atoms with van der Waals surface area (Å²) in [5.74, 6) is 0.348. The van der Waals surface area contributed by atoms with Gasteiger partial charge < -0.3 is 19.7 Å². The molecule has 7 heteroatoms. The maximum absolute atomic E-state index is 11.7. The Morgan fingerprint density at radius 2 is 1.83 bits per heavy atom. The van der Waals surface area contributed by atoms with Crippen molar-refractivity contribution in [2.45, 2.75) is 26.5 Å². The summed E-state index contributed by atoms with van der Waals surface area (Å²) < 4.78 is 16.7. The number of ether oxygens (including phenoxy) is 1. The molecular formula is C17H24NO5P. The number of amides is 1. The summed E-state index contributed by atoms with van der Waals surface area (Å²) in [6.07, 6.45) is 1.02. The summed E-state index contributed by atoms with van der Waals surface area (Å²) in [6.45, 7) is 6.83. The van der Waals surface area contributed by atoms with Gasteiger partial charge in [0.05, 0.1) is 0 Å². The van der Waals surface area contributed by atoms with Gasteiger partial charge in [-0.25, -0.2) is 9.59 Å². The number of carboxylic acids is 1. The van der Waals surface area contributed by atoms with Crippen LogP contribution in [0.1, 0.15) is 25.0 Å². The Hall–Kier alpha value is -2.07. The van der Waals surface area contributed by atoms with Crippen LogP contribution in [-0.4, -0.2) is 36.5 Å². The predicted molar refractivity (Wildman–Crippen MR) is 94.5 cm³/mol. The fourth-order valence-corrected chi connectivity index (χ4v) is 2.35. The Balaban J connectivity index is 2.56. The maximum atomic E-state index is 11.7. The molecule has 0 bridgehead atoms. The minimum Gasteiger partial charge on any atom is -0.480 e. The van der Waals surface area contributed by atoms with Gasteiger partial charge in [0, 0.05) is 0 Å². The van der Waals surface area contributed by atoms with Crippen molar-refractivity contribution in [2.75, 3.05) is 13.3 Å². The fourth-order valence-electron chi connectivity index (χ4n) is 1.82. The van der Waals surface area contributed by atoms with Crippen LogP contribution in [0.3, 0.4) is 0 Å². The minimum absolute atomic E-state index is 0.0420. The zero-order chi connectivity index (χ0) is 18.3. The molecular weight excluding hydrogens is 329 g/mol. The number of aliphatic carboxylic acids is 1. The van der Waals surface area contributed by atoms with E-state index in [-0.39, 0.29) is 12.5 Å². The molecule has 0 spiro atoms. The number of carbonyl (C=O) groups excluding carboxylic acids is 1. The van der Waals surface area contributed by atoms with Gasteiger partial charge in [-0.15, -0.1) is 0 Å². The number of hydrogen-bond donors (Lipinski definition) is 2. The smallest absolute Gasteiger partial charge is 0.408 e. The molecule has 132 valence electrons. The van der Waals surface area contributed by atoms with Crippen LogP contribution in [0, 0.1) is 5.92 Å². The largest absolute Gasteiger partial charge is 0.480 e. The Kier molecular flexibility index (Phi) is 7.23. The third kappa shape index (κ3) is 7.47. The lowest BCUT2D eigenvalue weighted by molar-refractivity contribution is -0.140. The maximum Gasteiger partial charge on any atom is 0.408 e. The van der Waals surface area contributed by atoms with Gasteiger partial charge in [0.1, 0.15) is 19.8 Å². The van der Waals surface area contributed by atoms with Crippen LogP contribution < -0.4 is 5.32 Å². The third-order valence-corrected chi connectivity index (χ3v) is 4.05. The quantitative estimate of drug-likeness (QED) is 0.731. The van der Waals surface area contributed by atoms with Gasteiger partial charge in [0.2, 0.25) is 0 Å². The van der Waals surface area contributed by atoms with E-state index in [1.54, 1.807) is 51.2 Å². The highest BCUT2D eigenvalue weighted by Crippen LogP contribution is 2.38. The molecule has 1 rings (SSSR count). The van der Waals surface area contributed by atoms with Crippen molar-refractivity contribution >= 4 is 25.3 Å². The van der Waals surface area contributed by atoms with Gasteiger partial charge in [-0.2, -0.15) is 0 Å².